The van der Waals surface area contributed by atoms with Crippen molar-refractivity contribution in [1.82, 2.24) is 0 Å². The van der Waals surface area contributed by atoms with E-state index in [0.717, 1.165) is 6.07 Å². The molecule has 0 saturated carbocycles. The van der Waals surface area contributed by atoms with Crippen LogP contribution in [0.15, 0.2) is 34.8 Å². The zero-order valence-electron chi connectivity index (χ0n) is 9.89. The number of Topliss-reactive ketones (excluding diaryl/α,β-unsaturated/α-hetero) is 1. The highest BCUT2D eigenvalue weighted by Gasteiger charge is 2.20. The minimum atomic E-state index is -1.30. The first-order valence-electron chi connectivity index (χ1n) is 5.50. The summed E-state index contributed by atoms with van der Waals surface area (Å²) in [5.41, 5.74) is -0.866. The Kier molecular flexibility index (Phi) is 4.23. The van der Waals surface area contributed by atoms with Crippen LogP contribution in [0, 0.1) is 23.3 Å². The normalized spacial score (nSPS) is 10.7. The van der Waals surface area contributed by atoms with Crippen molar-refractivity contribution in [1.29, 1.82) is 0 Å². The summed E-state index contributed by atoms with van der Waals surface area (Å²) in [6.07, 6.45) is -0.515. The van der Waals surface area contributed by atoms with Gasteiger partial charge in [-0.05, 0) is 17.7 Å². The SMILES string of the molecule is O=C(Cc1ccc(Br)cc1F)c1c(F)cc(F)cc1F. The quantitative estimate of drug-likeness (QED) is 0.593. The first kappa shape index (κ1) is 14.7. The lowest BCUT2D eigenvalue weighted by Crippen LogP contribution is -2.10. The average molecular weight is 347 g/mol. The van der Waals surface area contributed by atoms with Gasteiger partial charge in [-0.1, -0.05) is 22.0 Å². The molecular formula is C14H7BrF4O. The van der Waals surface area contributed by atoms with Crippen LogP contribution in [-0.4, -0.2) is 5.78 Å². The Balaban J connectivity index is 2.33. The number of benzene rings is 2. The molecule has 0 aromatic heterocycles. The van der Waals surface area contributed by atoms with Gasteiger partial charge in [-0.15, -0.1) is 0 Å². The molecule has 2 aromatic rings. The summed E-state index contributed by atoms with van der Waals surface area (Å²) in [5, 5.41) is 0. The van der Waals surface area contributed by atoms with E-state index < -0.39 is 41.0 Å². The Morgan fingerprint density at radius 3 is 2.10 bits per heavy atom. The first-order chi connectivity index (χ1) is 9.38. The van der Waals surface area contributed by atoms with Gasteiger partial charge in [0.15, 0.2) is 5.78 Å². The molecule has 20 heavy (non-hydrogen) atoms. The largest absolute Gasteiger partial charge is 0.294 e. The molecule has 0 aliphatic carbocycles. The van der Waals surface area contributed by atoms with E-state index in [2.05, 4.69) is 15.9 Å². The lowest BCUT2D eigenvalue weighted by molar-refractivity contribution is 0.0983. The Hall–Kier alpha value is -1.69. The monoisotopic (exact) mass is 346 g/mol. The summed E-state index contributed by atoms with van der Waals surface area (Å²) in [4.78, 5) is 11.8. The maximum atomic E-state index is 13.6. The van der Waals surface area contributed by atoms with Crippen LogP contribution in [0.25, 0.3) is 0 Å². The molecule has 0 N–H and O–H groups in total. The molecule has 104 valence electrons. The van der Waals surface area contributed by atoms with E-state index in [9.17, 15) is 22.4 Å². The third-order valence-corrected chi connectivity index (χ3v) is 3.15. The molecule has 6 heteroatoms. The number of carbonyl (C=O) groups is 1. The van der Waals surface area contributed by atoms with Gasteiger partial charge in [0.1, 0.15) is 23.3 Å². The van der Waals surface area contributed by atoms with Crippen LogP contribution in [0.2, 0.25) is 0 Å². The van der Waals surface area contributed by atoms with Crippen molar-refractivity contribution in [3.63, 3.8) is 0 Å². The van der Waals surface area contributed by atoms with E-state index in [0.29, 0.717) is 16.6 Å². The van der Waals surface area contributed by atoms with E-state index in [1.807, 2.05) is 0 Å². The number of carbonyl (C=O) groups excluding carboxylic acids is 1. The minimum Gasteiger partial charge on any atom is -0.294 e. The maximum Gasteiger partial charge on any atom is 0.173 e. The Morgan fingerprint density at radius 1 is 0.950 bits per heavy atom. The number of ketones is 1. The molecule has 0 radical (unpaired) electrons. The molecule has 0 atom stereocenters. The van der Waals surface area contributed by atoms with Crippen molar-refractivity contribution in [3.8, 4) is 0 Å². The topological polar surface area (TPSA) is 17.1 Å². The van der Waals surface area contributed by atoms with Gasteiger partial charge in [0, 0.05) is 23.0 Å². The van der Waals surface area contributed by atoms with Gasteiger partial charge in [0.25, 0.3) is 0 Å². The molecule has 0 spiro atoms. The highest BCUT2D eigenvalue weighted by molar-refractivity contribution is 9.10. The predicted octanol–water partition coefficient (Wildman–Crippen LogP) is 4.43. The molecule has 2 rings (SSSR count). The Bertz CT molecular complexity index is 662. The van der Waals surface area contributed by atoms with Gasteiger partial charge < -0.3 is 0 Å². The van der Waals surface area contributed by atoms with Crippen LogP contribution >= 0.6 is 15.9 Å². The Morgan fingerprint density at radius 2 is 1.55 bits per heavy atom. The average Bonchev–Trinajstić information content (AvgIpc) is 2.31. The van der Waals surface area contributed by atoms with E-state index in [-0.39, 0.29) is 5.56 Å². The lowest BCUT2D eigenvalue weighted by Gasteiger charge is -2.06. The molecule has 0 unspecified atom stereocenters. The molecule has 0 heterocycles. The molecule has 0 aliphatic rings. The summed E-state index contributed by atoms with van der Waals surface area (Å²) in [7, 11) is 0. The van der Waals surface area contributed by atoms with E-state index in [1.54, 1.807) is 0 Å². The van der Waals surface area contributed by atoms with Gasteiger partial charge in [0.2, 0.25) is 0 Å². The number of hydrogen-bond donors (Lipinski definition) is 0. The van der Waals surface area contributed by atoms with E-state index in [1.165, 1.54) is 12.1 Å². The van der Waals surface area contributed by atoms with Crippen LogP contribution < -0.4 is 0 Å². The van der Waals surface area contributed by atoms with Crippen molar-refractivity contribution in [3.05, 3.63) is 69.2 Å². The molecule has 0 amide bonds. The minimum absolute atomic E-state index is 0.00123. The molecule has 2 aromatic carbocycles. The van der Waals surface area contributed by atoms with Crippen LogP contribution in [0.4, 0.5) is 17.6 Å². The molecule has 1 nitrogen and oxygen atoms in total. The van der Waals surface area contributed by atoms with Crippen LogP contribution in [-0.2, 0) is 6.42 Å². The van der Waals surface area contributed by atoms with Crippen LogP contribution in [0.5, 0.6) is 0 Å². The number of hydrogen-bond acceptors (Lipinski definition) is 1. The van der Waals surface area contributed by atoms with Gasteiger partial charge in [-0.2, -0.15) is 0 Å². The fraction of sp³-hybridized carbons (Fsp3) is 0.0714. The standard InChI is InChI=1S/C14H7BrF4O/c15-8-2-1-7(10(17)4-8)3-13(20)14-11(18)5-9(16)6-12(14)19/h1-2,4-6H,3H2. The second-order valence-electron chi connectivity index (χ2n) is 4.08. The van der Waals surface area contributed by atoms with Crippen LogP contribution in [0.3, 0.4) is 0 Å². The van der Waals surface area contributed by atoms with Crippen molar-refractivity contribution >= 4 is 21.7 Å². The zero-order chi connectivity index (χ0) is 14.9. The summed E-state index contributed by atoms with van der Waals surface area (Å²) in [5.74, 6) is -5.35. The van der Waals surface area contributed by atoms with Gasteiger partial charge in [-0.25, -0.2) is 17.6 Å². The fourth-order valence-electron chi connectivity index (χ4n) is 1.73. The van der Waals surface area contributed by atoms with Gasteiger partial charge in [0.05, 0.1) is 5.56 Å². The first-order valence-corrected chi connectivity index (χ1v) is 6.29. The predicted molar refractivity (Wildman–Crippen MR) is 68.5 cm³/mol. The smallest absolute Gasteiger partial charge is 0.173 e. The van der Waals surface area contributed by atoms with Gasteiger partial charge >= 0.3 is 0 Å². The fourth-order valence-corrected chi connectivity index (χ4v) is 2.07. The molecular weight excluding hydrogens is 340 g/mol. The molecule has 0 fully saturated rings. The summed E-state index contributed by atoms with van der Waals surface area (Å²) >= 11 is 3.05. The third kappa shape index (κ3) is 3.07. The molecule has 0 aliphatic heterocycles. The van der Waals surface area contributed by atoms with Crippen molar-refractivity contribution in [2.45, 2.75) is 6.42 Å². The molecule has 0 saturated heterocycles. The van der Waals surface area contributed by atoms with Crippen LogP contribution in [0.1, 0.15) is 15.9 Å². The zero-order valence-corrected chi connectivity index (χ0v) is 11.5. The highest BCUT2D eigenvalue weighted by Crippen LogP contribution is 2.20. The number of rotatable bonds is 3. The second-order valence-corrected chi connectivity index (χ2v) is 5.00. The van der Waals surface area contributed by atoms with Crippen molar-refractivity contribution in [2.24, 2.45) is 0 Å². The Labute approximate surface area is 120 Å². The summed E-state index contributed by atoms with van der Waals surface area (Å²) in [6.45, 7) is 0. The highest BCUT2D eigenvalue weighted by atomic mass is 79.9. The lowest BCUT2D eigenvalue weighted by atomic mass is 10.0. The van der Waals surface area contributed by atoms with Crippen molar-refractivity contribution in [2.75, 3.05) is 0 Å². The van der Waals surface area contributed by atoms with E-state index in [4.69, 9.17) is 0 Å². The second kappa shape index (κ2) is 5.75. The number of halogens is 5. The van der Waals surface area contributed by atoms with Crippen molar-refractivity contribution < 1.29 is 22.4 Å². The maximum absolute atomic E-state index is 13.6. The van der Waals surface area contributed by atoms with E-state index >= 15 is 0 Å². The van der Waals surface area contributed by atoms with Gasteiger partial charge in [-0.3, -0.25) is 4.79 Å². The third-order valence-electron chi connectivity index (χ3n) is 2.65. The summed E-state index contributed by atoms with van der Waals surface area (Å²) < 4.78 is 53.6. The molecule has 0 bridgehead atoms. The summed E-state index contributed by atoms with van der Waals surface area (Å²) in [6, 6.07) is 4.79.